The van der Waals surface area contributed by atoms with Crippen LogP contribution in [0.3, 0.4) is 0 Å². The van der Waals surface area contributed by atoms with Crippen molar-refractivity contribution in [2.75, 3.05) is 20.6 Å². The molecule has 0 saturated heterocycles. The highest BCUT2D eigenvalue weighted by atomic mass is 32.3. The van der Waals surface area contributed by atoms with E-state index >= 15 is 0 Å². The van der Waals surface area contributed by atoms with E-state index in [1.807, 2.05) is 0 Å². The van der Waals surface area contributed by atoms with Crippen LogP contribution in [-0.2, 0) is 10.4 Å². The van der Waals surface area contributed by atoms with Gasteiger partial charge < -0.3 is 20.2 Å². The lowest BCUT2D eigenvalue weighted by molar-refractivity contribution is -0.856. The average molecular weight is 188 g/mol. The molecule has 0 aromatic heterocycles. The van der Waals surface area contributed by atoms with Gasteiger partial charge in [0.1, 0.15) is 0 Å². The van der Waals surface area contributed by atoms with Crippen molar-refractivity contribution in [3.05, 3.63) is 0 Å². The molecular formula is C4H16N2O4S. The zero-order chi connectivity index (χ0) is 8.78. The summed E-state index contributed by atoms with van der Waals surface area (Å²) in [5, 5.41) is 0. The Labute approximate surface area is 67.4 Å². The van der Waals surface area contributed by atoms with E-state index < -0.39 is 10.4 Å². The Kier molecular flexibility index (Phi) is 12.2. The van der Waals surface area contributed by atoms with Gasteiger partial charge >= 0.3 is 0 Å². The van der Waals surface area contributed by atoms with Crippen LogP contribution in [0.15, 0.2) is 0 Å². The Hall–Kier alpha value is -0.210. The molecule has 0 radical (unpaired) electrons. The van der Waals surface area contributed by atoms with Crippen LogP contribution in [-0.4, -0.2) is 38.2 Å². The first-order valence-corrected chi connectivity index (χ1v) is 4.06. The van der Waals surface area contributed by atoms with Gasteiger partial charge in [-0.05, 0) is 6.92 Å². The highest BCUT2D eigenvalue weighted by molar-refractivity contribution is 7.79. The minimum atomic E-state index is -5.17. The van der Waals surface area contributed by atoms with E-state index in [0.29, 0.717) is 0 Å². The maximum Gasteiger partial charge on any atom is 0.0738 e. The van der Waals surface area contributed by atoms with Crippen LogP contribution in [0.25, 0.3) is 0 Å². The fourth-order valence-corrected chi connectivity index (χ4v) is 0. The quantitative estimate of drug-likeness (QED) is 0.372. The van der Waals surface area contributed by atoms with Crippen molar-refractivity contribution in [3.63, 3.8) is 0 Å². The van der Waals surface area contributed by atoms with E-state index in [9.17, 15) is 0 Å². The van der Waals surface area contributed by atoms with E-state index in [-0.39, 0.29) is 6.15 Å². The third-order valence-electron chi connectivity index (χ3n) is 0.707. The minimum Gasteiger partial charge on any atom is -0.759 e. The molecule has 6 nitrogen and oxygen atoms in total. The number of hydrogen-bond acceptors (Lipinski definition) is 4. The zero-order valence-electron chi connectivity index (χ0n) is 7.25. The second kappa shape index (κ2) is 7.89. The fraction of sp³-hybridized carbons (Fsp3) is 1.00. The predicted molar refractivity (Wildman–Crippen MR) is 39.8 cm³/mol. The summed E-state index contributed by atoms with van der Waals surface area (Å²) in [6.07, 6.45) is 0. The van der Waals surface area contributed by atoms with E-state index in [0.717, 1.165) is 0 Å². The Bertz CT molecular complexity index is 145. The van der Waals surface area contributed by atoms with Gasteiger partial charge in [-0.25, -0.2) is 0 Å². The Morgan fingerprint density at radius 1 is 1.27 bits per heavy atom. The van der Waals surface area contributed by atoms with E-state index in [1.54, 1.807) is 0 Å². The highest BCUT2D eigenvalue weighted by Gasteiger charge is 1.75. The standard InChI is InChI=1S/C4H11N.H3N.H2O4S/c1-4-5(2)3;;1-5(2,3)4/h4H2,1-3H3;1H3;(H2,1,2,3,4). The number of nitrogens with one attached hydrogen (secondary N) is 1. The van der Waals surface area contributed by atoms with Crippen LogP contribution < -0.4 is 11.1 Å². The van der Waals surface area contributed by atoms with Gasteiger partial charge in [-0.2, -0.15) is 0 Å². The zero-order valence-corrected chi connectivity index (χ0v) is 8.06. The smallest absolute Gasteiger partial charge is 0.0738 e. The van der Waals surface area contributed by atoms with Crippen LogP contribution in [0.5, 0.6) is 0 Å². The average Bonchev–Trinajstić information content (AvgIpc) is 1.61. The minimum absolute atomic E-state index is 0. The molecule has 0 spiro atoms. The molecule has 0 amide bonds. The van der Waals surface area contributed by atoms with Crippen molar-refractivity contribution >= 4 is 10.4 Å². The van der Waals surface area contributed by atoms with Crippen LogP contribution in [0.4, 0.5) is 0 Å². The first-order chi connectivity index (χ1) is 4.27. The normalized spacial score (nSPS) is 9.64. The summed E-state index contributed by atoms with van der Waals surface area (Å²) in [4.78, 5) is 1.50. The van der Waals surface area contributed by atoms with Gasteiger partial charge in [0.25, 0.3) is 0 Å². The molecule has 11 heavy (non-hydrogen) atoms. The summed E-state index contributed by atoms with van der Waals surface area (Å²) in [5.41, 5.74) is 0. The number of rotatable bonds is 1. The lowest BCUT2D eigenvalue weighted by atomic mass is 10.7. The van der Waals surface area contributed by atoms with Crippen LogP contribution in [0, 0.1) is 0 Å². The molecule has 0 rings (SSSR count). The number of hydrogen-bond donors (Lipinski definition) is 2. The SMILES string of the molecule is CC[NH+](C)C.O=S(=O)([O-])[O-].[NH4+]. The van der Waals surface area contributed by atoms with Crippen molar-refractivity contribution in [2.45, 2.75) is 6.92 Å². The third kappa shape index (κ3) is 185. The maximum atomic E-state index is 8.52. The molecule has 0 aromatic rings. The molecule has 0 heterocycles. The summed E-state index contributed by atoms with van der Waals surface area (Å²) in [6.45, 7) is 3.38. The van der Waals surface area contributed by atoms with Gasteiger partial charge in [0.05, 0.1) is 20.6 Å². The maximum absolute atomic E-state index is 8.52. The summed E-state index contributed by atoms with van der Waals surface area (Å²) in [6, 6.07) is 0. The van der Waals surface area contributed by atoms with Crippen molar-refractivity contribution in [1.82, 2.24) is 6.15 Å². The highest BCUT2D eigenvalue weighted by Crippen LogP contribution is 1.57. The van der Waals surface area contributed by atoms with Crippen LogP contribution in [0.2, 0.25) is 0 Å². The van der Waals surface area contributed by atoms with Gasteiger partial charge in [-0.3, -0.25) is 8.42 Å². The molecule has 0 atom stereocenters. The molecule has 0 aliphatic heterocycles. The molecule has 0 aromatic carbocycles. The van der Waals surface area contributed by atoms with Gasteiger partial charge in [0.2, 0.25) is 0 Å². The molecule has 5 N–H and O–H groups in total. The van der Waals surface area contributed by atoms with E-state index in [4.69, 9.17) is 17.5 Å². The van der Waals surface area contributed by atoms with Crippen LogP contribution >= 0.6 is 0 Å². The van der Waals surface area contributed by atoms with E-state index in [1.165, 1.54) is 11.4 Å². The molecule has 72 valence electrons. The van der Waals surface area contributed by atoms with Gasteiger partial charge in [-0.1, -0.05) is 0 Å². The van der Waals surface area contributed by atoms with Gasteiger partial charge in [0, 0.05) is 10.4 Å². The van der Waals surface area contributed by atoms with Crippen molar-refractivity contribution in [2.24, 2.45) is 0 Å². The molecule has 0 bridgehead atoms. The lowest BCUT2D eigenvalue weighted by Gasteiger charge is -2.06. The summed E-state index contributed by atoms with van der Waals surface area (Å²) >= 11 is 0. The molecule has 0 aliphatic rings. The summed E-state index contributed by atoms with van der Waals surface area (Å²) < 4.78 is 34.1. The third-order valence-corrected chi connectivity index (χ3v) is 0.707. The van der Waals surface area contributed by atoms with Gasteiger partial charge in [0.15, 0.2) is 0 Å². The number of quaternary nitrogens is 2. The van der Waals surface area contributed by atoms with Gasteiger partial charge in [-0.15, -0.1) is 0 Å². The summed E-state index contributed by atoms with van der Waals surface area (Å²) in [7, 11) is -0.889. The fourth-order valence-electron chi connectivity index (χ4n) is 0. The molecular weight excluding hydrogens is 172 g/mol. The second-order valence-corrected chi connectivity index (χ2v) is 2.79. The monoisotopic (exact) mass is 188 g/mol. The second-order valence-electron chi connectivity index (χ2n) is 1.97. The molecule has 7 heteroatoms. The van der Waals surface area contributed by atoms with E-state index in [2.05, 4.69) is 21.0 Å². The Morgan fingerprint density at radius 2 is 1.36 bits per heavy atom. The van der Waals surface area contributed by atoms with Crippen LogP contribution in [0.1, 0.15) is 6.92 Å². The lowest BCUT2D eigenvalue weighted by Crippen LogP contribution is -3.05. The molecule has 0 fully saturated rings. The summed E-state index contributed by atoms with van der Waals surface area (Å²) in [5.74, 6) is 0. The molecule has 0 aliphatic carbocycles. The first kappa shape index (κ1) is 17.0. The van der Waals surface area contributed by atoms with Crippen molar-refractivity contribution in [3.8, 4) is 0 Å². The topological polar surface area (TPSA) is 121 Å². The molecule has 0 unspecified atom stereocenters. The Balaban J connectivity index is -0.000000107. The first-order valence-electron chi connectivity index (χ1n) is 2.73. The predicted octanol–water partition coefficient (Wildman–Crippen LogP) is -1.81. The van der Waals surface area contributed by atoms with Crippen molar-refractivity contribution < 1.29 is 22.4 Å². The molecule has 0 saturated carbocycles. The largest absolute Gasteiger partial charge is 0.759 e. The Morgan fingerprint density at radius 3 is 1.36 bits per heavy atom. The van der Waals surface area contributed by atoms with Crippen molar-refractivity contribution in [1.29, 1.82) is 0 Å².